The topological polar surface area (TPSA) is 8.81 Å². The van der Waals surface area contributed by atoms with Crippen molar-refractivity contribution >= 4 is 40.4 Å². The van der Waals surface area contributed by atoms with Gasteiger partial charge in [0.1, 0.15) is 12.4 Å². The van der Waals surface area contributed by atoms with E-state index in [0.29, 0.717) is 0 Å². The summed E-state index contributed by atoms with van der Waals surface area (Å²) >= 11 is 0. The molecule has 0 bridgehead atoms. The molecule has 0 aromatic carbocycles. The Balaban J connectivity index is 0.000000336. The van der Waals surface area contributed by atoms with Crippen LogP contribution in [0.2, 0.25) is 0 Å². The van der Waals surface area contributed by atoms with Crippen LogP contribution in [0.15, 0.2) is 18.7 Å². The summed E-state index contributed by atoms with van der Waals surface area (Å²) in [5.74, 6) is 0. The van der Waals surface area contributed by atoms with Gasteiger partial charge in [-0.2, -0.15) is 0 Å². The average molecular weight is 336 g/mol. The fraction of sp³-hybridized carbons (Fsp3) is 0.625. The summed E-state index contributed by atoms with van der Waals surface area (Å²) in [5.41, 5.74) is 0. The standard InChI is InChI=1S/C8H15N2.4ClH.Mn/c1-3-4-5-10-7-6-9(2)8-10;;;;;/h6-8H,3-5H2,1-2H3;4*1H;/q+1;;;;;+3/p-4. The quantitative estimate of drug-likeness (QED) is 0.585. The van der Waals surface area contributed by atoms with Crippen molar-refractivity contribution < 1.29 is 13.8 Å². The van der Waals surface area contributed by atoms with Crippen molar-refractivity contribution in [3.8, 4) is 0 Å². The molecule has 0 radical (unpaired) electrons. The molecule has 15 heavy (non-hydrogen) atoms. The van der Waals surface area contributed by atoms with Crippen LogP contribution in [0.4, 0.5) is 0 Å². The maximum absolute atomic E-state index is 4.97. The fourth-order valence-corrected chi connectivity index (χ4v) is 0.975. The predicted molar refractivity (Wildman–Crippen MR) is 63.9 cm³/mol. The summed E-state index contributed by atoms with van der Waals surface area (Å²) in [6.07, 6.45) is 8.82. The molecule has 0 aliphatic heterocycles. The van der Waals surface area contributed by atoms with E-state index in [-0.39, 0.29) is 0 Å². The van der Waals surface area contributed by atoms with Crippen LogP contribution in [-0.4, -0.2) is 4.57 Å². The number of hydrogen-bond donors (Lipinski definition) is 0. The Bertz CT molecular complexity index is 266. The fourth-order valence-electron chi connectivity index (χ4n) is 0.975. The third kappa shape index (κ3) is 12.8. The van der Waals surface area contributed by atoms with E-state index >= 15 is 0 Å². The minimum atomic E-state index is -2.74. The molecule has 0 unspecified atom stereocenters. The number of unbranched alkanes of at least 4 members (excludes halogenated alkanes) is 1. The minimum absolute atomic E-state index is 1.15. The molecular formula is C8H15Cl4MnN2. The molecule has 0 spiro atoms. The molecule has 1 aromatic rings. The van der Waals surface area contributed by atoms with E-state index < -0.39 is 9.20 Å². The second-order valence-corrected chi connectivity index (χ2v) is 14.7. The molecule has 0 aliphatic rings. The first-order chi connectivity index (χ1) is 6.83. The van der Waals surface area contributed by atoms with Crippen molar-refractivity contribution in [3.05, 3.63) is 18.7 Å². The number of aromatic nitrogens is 2. The van der Waals surface area contributed by atoms with Crippen molar-refractivity contribution in [2.75, 3.05) is 0 Å². The van der Waals surface area contributed by atoms with E-state index in [1.807, 2.05) is 7.05 Å². The van der Waals surface area contributed by atoms with Gasteiger partial charge in [0, 0.05) is 0 Å². The van der Waals surface area contributed by atoms with Gasteiger partial charge in [-0.15, -0.1) is 0 Å². The second-order valence-electron chi connectivity index (χ2n) is 2.99. The van der Waals surface area contributed by atoms with Crippen molar-refractivity contribution in [2.24, 2.45) is 7.05 Å². The second kappa shape index (κ2) is 8.05. The molecule has 0 N–H and O–H groups in total. The van der Waals surface area contributed by atoms with Gasteiger partial charge in [0.25, 0.3) is 0 Å². The van der Waals surface area contributed by atoms with Crippen LogP contribution in [0.3, 0.4) is 0 Å². The number of aryl methyl sites for hydroxylation is 2. The van der Waals surface area contributed by atoms with Crippen LogP contribution < -0.4 is 4.57 Å². The van der Waals surface area contributed by atoms with Gasteiger partial charge in [-0.25, -0.2) is 9.13 Å². The van der Waals surface area contributed by atoms with Crippen LogP contribution in [0.25, 0.3) is 0 Å². The van der Waals surface area contributed by atoms with Crippen LogP contribution in [0, 0.1) is 0 Å². The van der Waals surface area contributed by atoms with Gasteiger partial charge in [0.05, 0.1) is 13.6 Å². The van der Waals surface area contributed by atoms with Crippen LogP contribution in [0.1, 0.15) is 19.8 Å². The van der Waals surface area contributed by atoms with E-state index in [0.717, 1.165) is 6.54 Å². The number of hydrogen-bond acceptors (Lipinski definition) is 0. The Morgan fingerprint density at radius 3 is 2.13 bits per heavy atom. The molecule has 0 amide bonds. The first-order valence-corrected chi connectivity index (χ1v) is 10.9. The van der Waals surface area contributed by atoms with Crippen molar-refractivity contribution in [1.82, 2.24) is 4.57 Å². The number of imidazole rings is 1. The Hall–Kier alpha value is 0.889. The molecule has 7 heteroatoms. The molecule has 0 atom stereocenters. The van der Waals surface area contributed by atoms with Gasteiger partial charge < -0.3 is 0 Å². The average Bonchev–Trinajstić information content (AvgIpc) is 2.45. The van der Waals surface area contributed by atoms with Crippen molar-refractivity contribution in [3.63, 3.8) is 0 Å². The number of nitrogens with zero attached hydrogens (tertiary/aromatic N) is 2. The van der Waals surface area contributed by atoms with Gasteiger partial charge in [0.2, 0.25) is 6.33 Å². The van der Waals surface area contributed by atoms with E-state index in [9.17, 15) is 0 Å². The molecule has 1 rings (SSSR count). The molecule has 92 valence electrons. The van der Waals surface area contributed by atoms with E-state index in [2.05, 4.69) is 34.8 Å². The molecule has 0 aliphatic carbocycles. The maximum atomic E-state index is 4.97. The number of halogens is 4. The van der Waals surface area contributed by atoms with Crippen LogP contribution >= 0.6 is 40.4 Å². The zero-order valence-electron chi connectivity index (χ0n) is 8.64. The summed E-state index contributed by atoms with van der Waals surface area (Å²) in [4.78, 5) is 0. The Morgan fingerprint density at radius 1 is 1.27 bits per heavy atom. The predicted octanol–water partition coefficient (Wildman–Crippen LogP) is 3.87. The van der Waals surface area contributed by atoms with Crippen molar-refractivity contribution in [1.29, 1.82) is 0 Å². The van der Waals surface area contributed by atoms with E-state index in [1.54, 1.807) is 0 Å². The summed E-state index contributed by atoms with van der Waals surface area (Å²) in [5, 5.41) is 0. The van der Waals surface area contributed by atoms with Crippen LogP contribution in [-0.2, 0) is 22.8 Å². The normalized spacial score (nSPS) is 11.9. The third-order valence-corrected chi connectivity index (χ3v) is 1.59. The summed E-state index contributed by atoms with van der Waals surface area (Å²) in [7, 11) is 19.2. The van der Waals surface area contributed by atoms with Gasteiger partial charge in [-0.05, 0) is 6.42 Å². The zero-order valence-corrected chi connectivity index (χ0v) is 12.8. The molecule has 2 nitrogen and oxygen atoms in total. The van der Waals surface area contributed by atoms with E-state index in [4.69, 9.17) is 40.4 Å². The molecule has 1 heterocycles. The zero-order chi connectivity index (χ0) is 11.9. The molecule has 1 aromatic heterocycles. The Morgan fingerprint density at radius 2 is 1.80 bits per heavy atom. The summed E-state index contributed by atoms with van der Waals surface area (Å²) in [6.45, 7) is 3.36. The summed E-state index contributed by atoms with van der Waals surface area (Å²) in [6, 6.07) is 0. The van der Waals surface area contributed by atoms with Crippen LogP contribution in [0.5, 0.6) is 0 Å². The van der Waals surface area contributed by atoms with Gasteiger partial charge in [-0.1, -0.05) is 13.3 Å². The van der Waals surface area contributed by atoms with Gasteiger partial charge in [-0.3, -0.25) is 0 Å². The van der Waals surface area contributed by atoms with Crippen molar-refractivity contribution in [2.45, 2.75) is 26.3 Å². The molecule has 0 saturated carbocycles. The van der Waals surface area contributed by atoms with Gasteiger partial charge in [0.15, 0.2) is 0 Å². The molecule has 0 fully saturated rings. The Kier molecular flexibility index (Phi) is 8.53. The molecular weight excluding hydrogens is 321 g/mol. The summed E-state index contributed by atoms with van der Waals surface area (Å²) < 4.78 is 4.28. The first-order valence-electron chi connectivity index (χ1n) is 4.41. The first kappa shape index (κ1) is 15.9. The number of rotatable bonds is 3. The SMILES string of the molecule is CCCC[n+]1ccn(C)c1.[Cl][Mn-]([Cl])([Cl])[Cl]. The van der Waals surface area contributed by atoms with Gasteiger partial charge >= 0.3 is 49.6 Å². The third-order valence-electron chi connectivity index (χ3n) is 1.59. The van der Waals surface area contributed by atoms with E-state index in [1.165, 1.54) is 12.8 Å². The monoisotopic (exact) mass is 334 g/mol. The Labute approximate surface area is 110 Å². The molecule has 0 saturated heterocycles.